The average Bonchev–Trinajstić information content (AvgIpc) is 2.86. The molecule has 0 amide bonds. The summed E-state index contributed by atoms with van der Waals surface area (Å²) in [6.07, 6.45) is 5.57. The molecule has 1 aliphatic heterocycles. The highest BCUT2D eigenvalue weighted by Crippen LogP contribution is 2.41. The zero-order valence-electron chi connectivity index (χ0n) is 9.13. The Bertz CT molecular complexity index is 392. The maximum atomic E-state index is 10.9. The Kier molecular flexibility index (Phi) is 2.47. The van der Waals surface area contributed by atoms with Crippen molar-refractivity contribution in [1.29, 1.82) is 0 Å². The van der Waals surface area contributed by atoms with Crippen molar-refractivity contribution in [3.63, 3.8) is 0 Å². The van der Waals surface area contributed by atoms with Gasteiger partial charge in [-0.3, -0.25) is 4.79 Å². The van der Waals surface area contributed by atoms with Crippen LogP contribution in [-0.4, -0.2) is 34.0 Å². The Morgan fingerprint density at radius 1 is 1.44 bits per heavy atom. The van der Waals surface area contributed by atoms with Crippen LogP contribution in [0, 0.1) is 0 Å². The smallest absolute Gasteiger partial charge is 0.172 e. The molecule has 5 nitrogen and oxygen atoms in total. The van der Waals surface area contributed by atoms with Crippen molar-refractivity contribution in [2.75, 3.05) is 6.61 Å². The van der Waals surface area contributed by atoms with E-state index in [1.165, 1.54) is 0 Å². The van der Waals surface area contributed by atoms with Crippen molar-refractivity contribution in [2.45, 2.75) is 44.2 Å². The Labute approximate surface area is 93.8 Å². The van der Waals surface area contributed by atoms with E-state index in [0.29, 0.717) is 11.6 Å². The van der Waals surface area contributed by atoms with Gasteiger partial charge < -0.3 is 4.74 Å². The Morgan fingerprint density at radius 3 is 2.94 bits per heavy atom. The second kappa shape index (κ2) is 3.97. The van der Waals surface area contributed by atoms with Crippen LogP contribution in [0.5, 0.6) is 0 Å². The molecule has 2 aliphatic rings. The van der Waals surface area contributed by atoms with Crippen molar-refractivity contribution < 1.29 is 9.53 Å². The lowest BCUT2D eigenvalue weighted by Crippen LogP contribution is -2.18. The summed E-state index contributed by atoms with van der Waals surface area (Å²) >= 11 is 0. The van der Waals surface area contributed by atoms with E-state index in [1.54, 1.807) is 0 Å². The zero-order chi connectivity index (χ0) is 11.0. The van der Waals surface area contributed by atoms with E-state index in [-0.39, 0.29) is 6.10 Å². The molecule has 3 rings (SSSR count). The number of hydrogen-bond acceptors (Lipinski definition) is 4. The summed E-state index contributed by atoms with van der Waals surface area (Å²) in [6.45, 7) is 1.59. The van der Waals surface area contributed by atoms with Crippen molar-refractivity contribution in [3.05, 3.63) is 11.4 Å². The molecule has 1 saturated heterocycles. The molecule has 1 atom stereocenters. The molecule has 1 aromatic rings. The standard InChI is InChI=1S/C11H15N3O2/c15-7-10-11(8-3-4-8)14(13-12-10)6-9-2-1-5-16-9/h7-9H,1-6H2. The van der Waals surface area contributed by atoms with E-state index in [1.807, 2.05) is 4.68 Å². The Morgan fingerprint density at radius 2 is 2.31 bits per heavy atom. The highest BCUT2D eigenvalue weighted by Gasteiger charge is 2.32. The lowest BCUT2D eigenvalue weighted by atomic mass is 10.2. The van der Waals surface area contributed by atoms with Gasteiger partial charge in [0.1, 0.15) is 5.69 Å². The van der Waals surface area contributed by atoms with Crippen LogP contribution in [0.25, 0.3) is 0 Å². The van der Waals surface area contributed by atoms with Crippen LogP contribution >= 0.6 is 0 Å². The third-order valence-electron chi connectivity index (χ3n) is 3.28. The Hall–Kier alpha value is -1.23. The van der Waals surface area contributed by atoms with Crippen molar-refractivity contribution in [1.82, 2.24) is 15.0 Å². The minimum Gasteiger partial charge on any atom is -0.376 e. The first kappa shape index (κ1) is 9.96. The predicted molar refractivity (Wildman–Crippen MR) is 56.4 cm³/mol. The summed E-state index contributed by atoms with van der Waals surface area (Å²) in [6, 6.07) is 0. The van der Waals surface area contributed by atoms with Crippen LogP contribution in [0.4, 0.5) is 0 Å². The van der Waals surface area contributed by atoms with Gasteiger partial charge in [0, 0.05) is 12.5 Å². The molecule has 1 aliphatic carbocycles. The molecule has 1 aromatic heterocycles. The number of nitrogens with zero attached hydrogens (tertiary/aromatic N) is 3. The van der Waals surface area contributed by atoms with Gasteiger partial charge >= 0.3 is 0 Å². The SMILES string of the molecule is O=Cc1nnn(CC2CCCO2)c1C1CC1. The summed E-state index contributed by atoms with van der Waals surface area (Å²) in [5.74, 6) is 0.497. The number of aldehydes is 1. The van der Waals surface area contributed by atoms with Crippen LogP contribution in [0.1, 0.15) is 47.8 Å². The van der Waals surface area contributed by atoms with Crippen molar-refractivity contribution >= 4 is 6.29 Å². The number of hydrogen-bond donors (Lipinski definition) is 0. The highest BCUT2D eigenvalue weighted by atomic mass is 16.5. The molecule has 0 N–H and O–H groups in total. The lowest BCUT2D eigenvalue weighted by molar-refractivity contribution is 0.0926. The summed E-state index contributed by atoms with van der Waals surface area (Å²) in [4.78, 5) is 10.9. The van der Waals surface area contributed by atoms with Gasteiger partial charge in [-0.2, -0.15) is 0 Å². The number of ether oxygens (including phenoxy) is 1. The molecular formula is C11H15N3O2. The summed E-state index contributed by atoms with van der Waals surface area (Å²) in [5, 5.41) is 7.99. The highest BCUT2D eigenvalue weighted by molar-refractivity contribution is 5.73. The zero-order valence-corrected chi connectivity index (χ0v) is 9.13. The minimum atomic E-state index is 0.249. The van der Waals surface area contributed by atoms with E-state index >= 15 is 0 Å². The molecule has 16 heavy (non-hydrogen) atoms. The molecule has 0 spiro atoms. The van der Waals surface area contributed by atoms with Gasteiger partial charge in [0.15, 0.2) is 6.29 Å². The molecule has 0 radical (unpaired) electrons. The van der Waals surface area contributed by atoms with E-state index in [2.05, 4.69) is 10.3 Å². The molecule has 86 valence electrons. The summed E-state index contributed by atoms with van der Waals surface area (Å²) in [7, 11) is 0. The average molecular weight is 221 g/mol. The number of carbonyl (C=O) groups is 1. The lowest BCUT2D eigenvalue weighted by Gasteiger charge is -2.11. The molecule has 1 saturated carbocycles. The van der Waals surface area contributed by atoms with Gasteiger partial charge in [0.05, 0.1) is 18.3 Å². The van der Waals surface area contributed by atoms with Crippen LogP contribution in [0.2, 0.25) is 0 Å². The monoisotopic (exact) mass is 221 g/mol. The number of rotatable bonds is 4. The molecule has 2 fully saturated rings. The van der Waals surface area contributed by atoms with Crippen LogP contribution < -0.4 is 0 Å². The van der Waals surface area contributed by atoms with Crippen LogP contribution in [0.3, 0.4) is 0 Å². The number of aromatic nitrogens is 3. The second-order valence-electron chi connectivity index (χ2n) is 4.57. The summed E-state index contributed by atoms with van der Waals surface area (Å²) < 4.78 is 7.45. The quantitative estimate of drug-likeness (QED) is 0.715. The predicted octanol–water partition coefficient (Wildman–Crippen LogP) is 1.15. The van der Waals surface area contributed by atoms with Crippen molar-refractivity contribution in [3.8, 4) is 0 Å². The van der Waals surface area contributed by atoms with Gasteiger partial charge in [0.25, 0.3) is 0 Å². The van der Waals surface area contributed by atoms with Gasteiger partial charge in [0.2, 0.25) is 0 Å². The Balaban J connectivity index is 1.82. The largest absolute Gasteiger partial charge is 0.376 e. The van der Waals surface area contributed by atoms with Crippen molar-refractivity contribution in [2.24, 2.45) is 0 Å². The maximum Gasteiger partial charge on any atom is 0.172 e. The number of carbonyl (C=O) groups excluding carboxylic acids is 1. The van der Waals surface area contributed by atoms with Gasteiger partial charge in [-0.25, -0.2) is 4.68 Å². The topological polar surface area (TPSA) is 57.0 Å². The molecule has 1 unspecified atom stereocenters. The van der Waals surface area contributed by atoms with E-state index in [9.17, 15) is 4.79 Å². The fourth-order valence-electron chi connectivity index (χ4n) is 2.31. The van der Waals surface area contributed by atoms with E-state index in [0.717, 1.165) is 50.8 Å². The molecule has 5 heteroatoms. The first-order valence-corrected chi connectivity index (χ1v) is 5.88. The molecular weight excluding hydrogens is 206 g/mol. The second-order valence-corrected chi connectivity index (χ2v) is 4.57. The first-order valence-electron chi connectivity index (χ1n) is 5.88. The van der Waals surface area contributed by atoms with E-state index in [4.69, 9.17) is 4.74 Å². The van der Waals surface area contributed by atoms with Gasteiger partial charge in [-0.15, -0.1) is 5.10 Å². The van der Waals surface area contributed by atoms with E-state index < -0.39 is 0 Å². The molecule has 0 aromatic carbocycles. The maximum absolute atomic E-state index is 10.9. The van der Waals surface area contributed by atoms with Crippen LogP contribution in [0.15, 0.2) is 0 Å². The summed E-state index contributed by atoms with van der Waals surface area (Å²) in [5.41, 5.74) is 1.53. The fraction of sp³-hybridized carbons (Fsp3) is 0.727. The van der Waals surface area contributed by atoms with Gasteiger partial charge in [-0.1, -0.05) is 5.21 Å². The fourth-order valence-corrected chi connectivity index (χ4v) is 2.31. The molecule has 2 heterocycles. The van der Waals surface area contributed by atoms with Gasteiger partial charge in [-0.05, 0) is 25.7 Å². The van der Waals surface area contributed by atoms with Crippen LogP contribution in [-0.2, 0) is 11.3 Å². The normalized spacial score (nSPS) is 24.9. The first-order chi connectivity index (χ1) is 7.88. The minimum absolute atomic E-state index is 0.249. The third kappa shape index (κ3) is 1.75. The third-order valence-corrected chi connectivity index (χ3v) is 3.28. The molecule has 0 bridgehead atoms.